The Morgan fingerprint density at radius 3 is 2.76 bits per heavy atom. The van der Waals surface area contributed by atoms with E-state index < -0.39 is 0 Å². The van der Waals surface area contributed by atoms with Crippen LogP contribution in [0.3, 0.4) is 0 Å². The van der Waals surface area contributed by atoms with Gasteiger partial charge in [0.1, 0.15) is 5.76 Å². The van der Waals surface area contributed by atoms with E-state index in [2.05, 4.69) is 10.6 Å². The highest BCUT2D eigenvalue weighted by Crippen LogP contribution is 2.27. The Bertz CT molecular complexity index is 600. The molecule has 5 heteroatoms. The second-order valence-corrected chi connectivity index (χ2v) is 5.51. The number of aryl methyl sites for hydroxylation is 2. The summed E-state index contributed by atoms with van der Waals surface area (Å²) in [5, 5.41) is 6.50. The minimum absolute atomic E-state index is 0.0275. The molecule has 1 aromatic carbocycles. The third kappa shape index (κ3) is 4.09. The van der Waals surface area contributed by atoms with Gasteiger partial charge in [-0.25, -0.2) is 0 Å². The molecule has 0 bridgehead atoms. The van der Waals surface area contributed by atoms with Gasteiger partial charge in [0.15, 0.2) is 0 Å². The number of hydrogen-bond donors (Lipinski definition) is 2. The van der Waals surface area contributed by atoms with Crippen molar-refractivity contribution in [1.82, 2.24) is 5.32 Å². The summed E-state index contributed by atoms with van der Waals surface area (Å²) in [6.07, 6.45) is 1.61. The van der Waals surface area contributed by atoms with Gasteiger partial charge in [0.2, 0.25) is 5.91 Å². The summed E-state index contributed by atoms with van der Waals surface area (Å²) in [6, 6.07) is 7.49. The maximum absolute atomic E-state index is 12.0. The molecule has 1 atom stereocenters. The minimum Gasteiger partial charge on any atom is -0.468 e. The molecule has 0 aliphatic carbocycles. The molecular formula is C16H19ClN2O2. The number of anilines is 1. The second kappa shape index (κ2) is 6.78. The van der Waals surface area contributed by atoms with Gasteiger partial charge in [-0.1, -0.05) is 17.7 Å². The smallest absolute Gasteiger partial charge is 0.238 e. The van der Waals surface area contributed by atoms with E-state index in [0.29, 0.717) is 10.7 Å². The molecule has 1 heterocycles. The fourth-order valence-electron chi connectivity index (χ4n) is 2.14. The maximum atomic E-state index is 12.0. The van der Waals surface area contributed by atoms with E-state index in [0.717, 1.165) is 16.9 Å². The van der Waals surface area contributed by atoms with Gasteiger partial charge in [-0.05, 0) is 50.1 Å². The van der Waals surface area contributed by atoms with Crippen LogP contribution in [0.15, 0.2) is 34.9 Å². The molecule has 2 N–H and O–H groups in total. The third-order valence-corrected chi connectivity index (χ3v) is 3.53. The highest BCUT2D eigenvalue weighted by molar-refractivity contribution is 6.34. The molecule has 0 fully saturated rings. The lowest BCUT2D eigenvalue weighted by Crippen LogP contribution is -2.30. The molecule has 1 aromatic heterocycles. The van der Waals surface area contributed by atoms with Crippen molar-refractivity contribution in [2.45, 2.75) is 26.8 Å². The lowest BCUT2D eigenvalue weighted by molar-refractivity contribution is -0.115. The number of amides is 1. The lowest BCUT2D eigenvalue weighted by Gasteiger charge is -2.14. The highest BCUT2D eigenvalue weighted by Gasteiger charge is 2.12. The van der Waals surface area contributed by atoms with Crippen molar-refractivity contribution in [1.29, 1.82) is 0 Å². The monoisotopic (exact) mass is 306 g/mol. The van der Waals surface area contributed by atoms with Crippen molar-refractivity contribution < 1.29 is 9.21 Å². The molecule has 0 unspecified atom stereocenters. The van der Waals surface area contributed by atoms with E-state index >= 15 is 0 Å². The normalized spacial score (nSPS) is 12.2. The largest absolute Gasteiger partial charge is 0.468 e. The average Bonchev–Trinajstić information content (AvgIpc) is 2.94. The topological polar surface area (TPSA) is 54.3 Å². The molecule has 0 aliphatic rings. The van der Waals surface area contributed by atoms with Crippen LogP contribution in [0.2, 0.25) is 5.02 Å². The molecule has 2 rings (SSSR count). The summed E-state index contributed by atoms with van der Waals surface area (Å²) in [5.74, 6) is 0.662. The Balaban J connectivity index is 1.93. The number of rotatable bonds is 5. The van der Waals surface area contributed by atoms with Crippen molar-refractivity contribution in [3.8, 4) is 0 Å². The summed E-state index contributed by atoms with van der Waals surface area (Å²) in [4.78, 5) is 12.0. The first kappa shape index (κ1) is 15.6. The predicted octanol–water partition coefficient (Wildman–Crippen LogP) is 3.84. The molecule has 4 nitrogen and oxygen atoms in total. The summed E-state index contributed by atoms with van der Waals surface area (Å²) < 4.78 is 5.28. The van der Waals surface area contributed by atoms with Crippen molar-refractivity contribution in [2.24, 2.45) is 0 Å². The van der Waals surface area contributed by atoms with Crippen LogP contribution in [-0.4, -0.2) is 12.5 Å². The Kier molecular flexibility index (Phi) is 5.04. The van der Waals surface area contributed by atoms with Crippen molar-refractivity contribution >= 4 is 23.2 Å². The van der Waals surface area contributed by atoms with Gasteiger partial charge < -0.3 is 9.73 Å². The molecule has 1 amide bonds. The van der Waals surface area contributed by atoms with Crippen molar-refractivity contribution in [2.75, 3.05) is 11.9 Å². The van der Waals surface area contributed by atoms with E-state index in [1.807, 2.05) is 45.0 Å². The minimum atomic E-state index is -0.137. The van der Waals surface area contributed by atoms with Gasteiger partial charge in [-0.2, -0.15) is 0 Å². The van der Waals surface area contributed by atoms with Gasteiger partial charge in [0.05, 0.1) is 29.6 Å². The molecular weight excluding hydrogens is 288 g/mol. The van der Waals surface area contributed by atoms with Gasteiger partial charge >= 0.3 is 0 Å². The Labute approximate surface area is 129 Å². The van der Waals surface area contributed by atoms with Gasteiger partial charge in [-0.3, -0.25) is 10.1 Å². The van der Waals surface area contributed by atoms with Gasteiger partial charge in [0.25, 0.3) is 0 Å². The first-order valence-corrected chi connectivity index (χ1v) is 7.18. The van der Waals surface area contributed by atoms with Gasteiger partial charge in [-0.15, -0.1) is 0 Å². The molecule has 0 radical (unpaired) electrons. The van der Waals surface area contributed by atoms with Crippen LogP contribution in [0.1, 0.15) is 29.9 Å². The Hall–Kier alpha value is -1.78. The Morgan fingerprint density at radius 1 is 1.38 bits per heavy atom. The molecule has 0 saturated carbocycles. The molecule has 0 saturated heterocycles. The lowest BCUT2D eigenvalue weighted by atomic mass is 10.1. The highest BCUT2D eigenvalue weighted by atomic mass is 35.5. The van der Waals surface area contributed by atoms with E-state index in [9.17, 15) is 4.79 Å². The van der Waals surface area contributed by atoms with Crippen LogP contribution in [-0.2, 0) is 4.79 Å². The molecule has 0 spiro atoms. The van der Waals surface area contributed by atoms with Crippen LogP contribution in [0, 0.1) is 13.8 Å². The van der Waals surface area contributed by atoms with Crippen molar-refractivity contribution in [3.63, 3.8) is 0 Å². The fraction of sp³-hybridized carbons (Fsp3) is 0.312. The molecule has 112 valence electrons. The van der Waals surface area contributed by atoms with Crippen molar-refractivity contribution in [3.05, 3.63) is 52.4 Å². The second-order valence-electron chi connectivity index (χ2n) is 5.10. The first-order valence-electron chi connectivity index (χ1n) is 6.80. The first-order chi connectivity index (χ1) is 9.97. The zero-order valence-electron chi connectivity index (χ0n) is 12.4. The molecule has 2 aromatic rings. The zero-order valence-corrected chi connectivity index (χ0v) is 13.1. The van der Waals surface area contributed by atoms with E-state index in [1.165, 1.54) is 0 Å². The summed E-state index contributed by atoms with van der Waals surface area (Å²) >= 11 is 6.17. The standard InChI is InChI=1S/C16H19ClN2O2/c1-10-7-11(2)16(13(17)8-10)19-15(20)9-18-12(3)14-5-4-6-21-14/h4-8,12,18H,9H2,1-3H3,(H,19,20)/t12-/m0/s1. The van der Waals surface area contributed by atoms with E-state index in [1.54, 1.807) is 6.26 Å². The zero-order chi connectivity index (χ0) is 15.4. The summed E-state index contributed by atoms with van der Waals surface area (Å²) in [7, 11) is 0. The van der Waals surface area contributed by atoms with Gasteiger partial charge in [0, 0.05) is 0 Å². The quantitative estimate of drug-likeness (QED) is 0.882. The summed E-state index contributed by atoms with van der Waals surface area (Å²) in [5.41, 5.74) is 2.69. The number of carbonyl (C=O) groups excluding carboxylic acids is 1. The number of furan rings is 1. The van der Waals surface area contributed by atoms with Crippen LogP contribution in [0.4, 0.5) is 5.69 Å². The number of hydrogen-bond acceptors (Lipinski definition) is 3. The van der Waals surface area contributed by atoms with Crippen LogP contribution in [0.5, 0.6) is 0 Å². The number of nitrogens with one attached hydrogen (secondary N) is 2. The fourth-order valence-corrected chi connectivity index (χ4v) is 2.51. The number of benzene rings is 1. The van der Waals surface area contributed by atoms with Crippen LogP contribution < -0.4 is 10.6 Å². The SMILES string of the molecule is Cc1cc(C)c(NC(=O)CN[C@@H](C)c2ccco2)c(Cl)c1. The predicted molar refractivity (Wildman–Crippen MR) is 84.7 cm³/mol. The average molecular weight is 307 g/mol. The van der Waals surface area contributed by atoms with Crippen LogP contribution in [0.25, 0.3) is 0 Å². The Morgan fingerprint density at radius 2 is 2.14 bits per heavy atom. The number of halogens is 1. The van der Waals surface area contributed by atoms with E-state index in [-0.39, 0.29) is 18.5 Å². The summed E-state index contributed by atoms with van der Waals surface area (Å²) in [6.45, 7) is 6.02. The van der Waals surface area contributed by atoms with E-state index in [4.69, 9.17) is 16.0 Å². The van der Waals surface area contributed by atoms with Crippen LogP contribution >= 0.6 is 11.6 Å². The maximum Gasteiger partial charge on any atom is 0.238 e. The molecule has 21 heavy (non-hydrogen) atoms. The number of carbonyl (C=O) groups is 1. The molecule has 0 aliphatic heterocycles. The third-order valence-electron chi connectivity index (χ3n) is 3.23.